The van der Waals surface area contributed by atoms with E-state index in [1.807, 2.05) is 6.07 Å². The fraction of sp³-hybridized carbons (Fsp3) is 0.267. The number of aliphatic imine (C=N–C) groups is 1. The van der Waals surface area contributed by atoms with Crippen LogP contribution in [0.25, 0.3) is 6.08 Å². The van der Waals surface area contributed by atoms with Gasteiger partial charge in [0.25, 0.3) is 0 Å². The Morgan fingerprint density at radius 3 is 2.84 bits per heavy atom. The summed E-state index contributed by atoms with van der Waals surface area (Å²) in [5.41, 5.74) is 1.53. The van der Waals surface area contributed by atoms with Crippen LogP contribution in [0, 0.1) is 11.8 Å². The minimum Gasteiger partial charge on any atom is -0.310 e. The predicted octanol–water partition coefficient (Wildman–Crippen LogP) is 2.88. The van der Waals surface area contributed by atoms with Crippen molar-refractivity contribution in [1.82, 2.24) is 4.98 Å². The summed E-state index contributed by atoms with van der Waals surface area (Å²) in [6.45, 7) is 9.31. The lowest BCUT2D eigenvalue weighted by atomic mass is 10.2. The van der Waals surface area contributed by atoms with Crippen molar-refractivity contribution in [3.05, 3.63) is 42.7 Å². The second kappa shape index (κ2) is 5.61. The molecule has 1 N–H and O–H groups in total. The van der Waals surface area contributed by atoms with Crippen molar-refractivity contribution >= 4 is 24.0 Å². The summed E-state index contributed by atoms with van der Waals surface area (Å²) < 4.78 is 0. The predicted molar refractivity (Wildman–Crippen MR) is 78.0 cm³/mol. The molecule has 1 amide bonds. The van der Waals surface area contributed by atoms with Crippen molar-refractivity contribution in [3.63, 3.8) is 0 Å². The second-order valence-electron chi connectivity index (χ2n) is 4.64. The zero-order valence-corrected chi connectivity index (χ0v) is 11.0. The molecular formula is C15H17N3O. The lowest BCUT2D eigenvalue weighted by Crippen LogP contribution is -2.15. The topological polar surface area (TPSA) is 54.4 Å². The van der Waals surface area contributed by atoms with Crippen LogP contribution in [0.5, 0.6) is 0 Å². The number of rotatable bonds is 5. The Bertz CT molecular complexity index is 548. The van der Waals surface area contributed by atoms with Crippen LogP contribution in [0.15, 0.2) is 36.5 Å². The third-order valence-corrected chi connectivity index (χ3v) is 3.17. The maximum Gasteiger partial charge on any atom is 0.228 e. The number of carbonyl (C=O) groups is 1. The van der Waals surface area contributed by atoms with E-state index in [4.69, 9.17) is 0 Å². The number of nitrogens with zero attached hydrogens (tertiary/aromatic N) is 2. The largest absolute Gasteiger partial charge is 0.310 e. The van der Waals surface area contributed by atoms with Crippen molar-refractivity contribution in [3.8, 4) is 0 Å². The molecule has 0 aromatic carbocycles. The smallest absolute Gasteiger partial charge is 0.228 e. The number of aromatic nitrogens is 1. The molecule has 4 nitrogen and oxygen atoms in total. The molecule has 1 aliphatic carbocycles. The van der Waals surface area contributed by atoms with Crippen LogP contribution in [0.1, 0.15) is 24.6 Å². The van der Waals surface area contributed by atoms with Gasteiger partial charge < -0.3 is 5.32 Å². The summed E-state index contributed by atoms with van der Waals surface area (Å²) in [5, 5.41) is 2.83. The van der Waals surface area contributed by atoms with Gasteiger partial charge in [-0.1, -0.05) is 20.1 Å². The molecule has 0 bridgehead atoms. The Kier molecular flexibility index (Phi) is 3.90. The first kappa shape index (κ1) is 13.2. The molecule has 1 heterocycles. The van der Waals surface area contributed by atoms with E-state index >= 15 is 0 Å². The summed E-state index contributed by atoms with van der Waals surface area (Å²) in [6, 6.07) is 3.62. The van der Waals surface area contributed by atoms with Crippen LogP contribution in [0.3, 0.4) is 0 Å². The lowest BCUT2D eigenvalue weighted by molar-refractivity contribution is -0.117. The number of amides is 1. The van der Waals surface area contributed by atoms with E-state index in [1.165, 1.54) is 6.20 Å². The SMILES string of the molecule is C=CN=Cc1ccc(NC(=O)[C@@H]2C[C@H]2C)nc1C=C. The molecule has 19 heavy (non-hydrogen) atoms. The van der Waals surface area contributed by atoms with Gasteiger partial charge in [0.15, 0.2) is 0 Å². The molecule has 1 fully saturated rings. The minimum atomic E-state index is 0.0440. The van der Waals surface area contributed by atoms with Crippen LogP contribution in [-0.2, 0) is 4.79 Å². The number of hydrogen-bond acceptors (Lipinski definition) is 3. The van der Waals surface area contributed by atoms with E-state index in [0.717, 1.165) is 12.0 Å². The van der Waals surface area contributed by atoms with E-state index in [9.17, 15) is 4.79 Å². The van der Waals surface area contributed by atoms with Gasteiger partial charge in [0.1, 0.15) is 5.82 Å². The van der Waals surface area contributed by atoms with Gasteiger partial charge >= 0.3 is 0 Å². The van der Waals surface area contributed by atoms with E-state index in [-0.39, 0.29) is 11.8 Å². The maximum atomic E-state index is 11.8. The van der Waals surface area contributed by atoms with E-state index in [1.54, 1.807) is 18.4 Å². The van der Waals surface area contributed by atoms with Crippen molar-refractivity contribution < 1.29 is 4.79 Å². The van der Waals surface area contributed by atoms with Gasteiger partial charge in [-0.2, -0.15) is 0 Å². The zero-order valence-electron chi connectivity index (χ0n) is 11.0. The third-order valence-electron chi connectivity index (χ3n) is 3.17. The molecule has 1 saturated carbocycles. The lowest BCUT2D eigenvalue weighted by Gasteiger charge is -2.06. The van der Waals surface area contributed by atoms with Crippen LogP contribution in [0.2, 0.25) is 0 Å². The van der Waals surface area contributed by atoms with Gasteiger partial charge in [0, 0.05) is 23.9 Å². The summed E-state index contributed by atoms with van der Waals surface area (Å²) in [7, 11) is 0. The highest BCUT2D eigenvalue weighted by Gasteiger charge is 2.39. The Labute approximate surface area is 113 Å². The van der Waals surface area contributed by atoms with Crippen molar-refractivity contribution in [2.45, 2.75) is 13.3 Å². The van der Waals surface area contributed by atoms with Gasteiger partial charge in [0.05, 0.1) is 5.69 Å². The first-order chi connectivity index (χ1) is 9.15. The molecule has 1 aromatic heterocycles. The van der Waals surface area contributed by atoms with Crippen LogP contribution < -0.4 is 5.32 Å². The molecule has 0 spiro atoms. The van der Waals surface area contributed by atoms with Crippen molar-refractivity contribution in [1.29, 1.82) is 0 Å². The summed E-state index contributed by atoms with van der Waals surface area (Å²) in [6.07, 6.45) is 5.71. The molecule has 2 atom stereocenters. The van der Waals surface area contributed by atoms with Crippen LogP contribution >= 0.6 is 0 Å². The minimum absolute atomic E-state index is 0.0440. The average molecular weight is 255 g/mol. The zero-order chi connectivity index (χ0) is 13.8. The van der Waals surface area contributed by atoms with Gasteiger partial charge in [-0.3, -0.25) is 9.79 Å². The van der Waals surface area contributed by atoms with Crippen LogP contribution in [-0.4, -0.2) is 17.1 Å². The number of anilines is 1. The summed E-state index contributed by atoms with van der Waals surface area (Å²) in [5.74, 6) is 1.21. The second-order valence-corrected chi connectivity index (χ2v) is 4.64. The Morgan fingerprint density at radius 1 is 1.53 bits per heavy atom. The fourth-order valence-electron chi connectivity index (χ4n) is 1.87. The first-order valence-corrected chi connectivity index (χ1v) is 6.24. The summed E-state index contributed by atoms with van der Waals surface area (Å²) in [4.78, 5) is 20.1. The monoisotopic (exact) mass is 255 g/mol. The number of carbonyl (C=O) groups excluding carboxylic acids is 1. The Hall–Kier alpha value is -2.23. The van der Waals surface area contributed by atoms with Crippen molar-refractivity contribution in [2.24, 2.45) is 16.8 Å². The quantitative estimate of drug-likeness (QED) is 0.822. The van der Waals surface area contributed by atoms with Gasteiger partial charge in [0.2, 0.25) is 5.91 Å². The van der Waals surface area contributed by atoms with E-state index < -0.39 is 0 Å². The van der Waals surface area contributed by atoms with Crippen molar-refractivity contribution in [2.75, 3.05) is 5.32 Å². The molecular weight excluding hydrogens is 238 g/mol. The Morgan fingerprint density at radius 2 is 2.26 bits per heavy atom. The first-order valence-electron chi connectivity index (χ1n) is 6.24. The van der Waals surface area contributed by atoms with E-state index in [2.05, 4.69) is 35.4 Å². The number of nitrogens with one attached hydrogen (secondary N) is 1. The molecule has 0 unspecified atom stereocenters. The molecule has 1 aromatic rings. The normalized spacial score (nSPS) is 21.1. The van der Waals surface area contributed by atoms with E-state index in [0.29, 0.717) is 17.4 Å². The summed E-state index contributed by atoms with van der Waals surface area (Å²) >= 11 is 0. The highest BCUT2D eigenvalue weighted by molar-refractivity contribution is 5.94. The van der Waals surface area contributed by atoms with Crippen LogP contribution in [0.4, 0.5) is 5.82 Å². The molecule has 0 radical (unpaired) electrons. The molecule has 0 aliphatic heterocycles. The third kappa shape index (κ3) is 3.16. The molecule has 0 saturated heterocycles. The van der Waals surface area contributed by atoms with Gasteiger partial charge in [-0.15, -0.1) is 0 Å². The molecule has 98 valence electrons. The van der Waals surface area contributed by atoms with Gasteiger partial charge in [-0.25, -0.2) is 4.98 Å². The molecule has 2 rings (SSSR count). The standard InChI is InChI=1S/C15H17N3O/c1-4-13-11(9-16-5-2)6-7-14(17-13)18-15(19)12-8-10(12)3/h4-7,9-10,12H,1-2,8H2,3H3,(H,17,18,19)/t10-,12-/m1/s1. The van der Waals surface area contributed by atoms with Gasteiger partial charge in [-0.05, 0) is 30.5 Å². The number of pyridine rings is 1. The molecule has 1 aliphatic rings. The highest BCUT2D eigenvalue weighted by atomic mass is 16.2. The number of hydrogen-bond donors (Lipinski definition) is 1. The average Bonchev–Trinajstić information content (AvgIpc) is 3.14. The highest BCUT2D eigenvalue weighted by Crippen LogP contribution is 2.38. The Balaban J connectivity index is 2.14. The molecule has 4 heteroatoms. The maximum absolute atomic E-state index is 11.8. The fourth-order valence-corrected chi connectivity index (χ4v) is 1.87.